The van der Waals surface area contributed by atoms with Gasteiger partial charge in [0.15, 0.2) is 5.82 Å². The quantitative estimate of drug-likeness (QED) is 0.699. The average Bonchev–Trinajstić information content (AvgIpc) is 3.22. The van der Waals surface area contributed by atoms with Gasteiger partial charge in [0, 0.05) is 5.56 Å². The van der Waals surface area contributed by atoms with E-state index in [1.54, 1.807) is 35.7 Å². The lowest BCUT2D eigenvalue weighted by Crippen LogP contribution is -2.26. The predicted octanol–water partition coefficient (Wildman–Crippen LogP) is 1.99. The molecule has 8 nitrogen and oxygen atoms in total. The summed E-state index contributed by atoms with van der Waals surface area (Å²) in [6.45, 7) is -0.303. The molecule has 128 valence electrons. The normalized spacial score (nSPS) is 10.4. The number of amides is 1. The second-order valence-corrected chi connectivity index (χ2v) is 5.84. The summed E-state index contributed by atoms with van der Waals surface area (Å²) in [5.74, 6) is -1.53. The van der Waals surface area contributed by atoms with Crippen molar-refractivity contribution >= 4 is 28.9 Å². The number of rotatable bonds is 5. The van der Waals surface area contributed by atoms with Gasteiger partial charge in [-0.15, -0.1) is 11.3 Å². The first-order valence-electron chi connectivity index (χ1n) is 7.17. The molecular weight excluding hydrogens is 346 g/mol. The molecule has 0 atom stereocenters. The Morgan fingerprint density at radius 3 is 2.76 bits per heavy atom. The van der Waals surface area contributed by atoms with E-state index in [4.69, 9.17) is 0 Å². The third kappa shape index (κ3) is 3.50. The highest BCUT2D eigenvalue weighted by atomic mass is 32.1. The van der Waals surface area contributed by atoms with Crippen LogP contribution in [0.5, 0.6) is 0 Å². The zero-order valence-corrected chi connectivity index (χ0v) is 13.9. The van der Waals surface area contributed by atoms with E-state index in [0.29, 0.717) is 11.3 Å². The van der Waals surface area contributed by atoms with Crippen LogP contribution in [0.25, 0.3) is 11.4 Å². The van der Waals surface area contributed by atoms with Crippen LogP contribution in [0.3, 0.4) is 0 Å². The fraction of sp³-hybridized carbons (Fsp3) is 0.125. The van der Waals surface area contributed by atoms with Gasteiger partial charge in [-0.2, -0.15) is 0 Å². The first-order valence-corrected chi connectivity index (χ1v) is 8.05. The third-order valence-corrected chi connectivity index (χ3v) is 4.22. The molecule has 0 saturated carbocycles. The van der Waals surface area contributed by atoms with Crippen molar-refractivity contribution in [1.82, 2.24) is 9.72 Å². The summed E-state index contributed by atoms with van der Waals surface area (Å²) < 4.78 is 10.4. The number of benzene rings is 1. The van der Waals surface area contributed by atoms with Crippen molar-refractivity contribution in [2.24, 2.45) is 0 Å². The number of hydrogen-bond acceptors (Lipinski definition) is 7. The van der Waals surface area contributed by atoms with Crippen molar-refractivity contribution in [2.45, 2.75) is 6.54 Å². The number of aromatic nitrogens is 2. The fourth-order valence-electron chi connectivity index (χ4n) is 2.19. The minimum atomic E-state index is -0.743. The van der Waals surface area contributed by atoms with Crippen LogP contribution in [0.15, 0.2) is 51.1 Å². The van der Waals surface area contributed by atoms with Gasteiger partial charge in [0.25, 0.3) is 0 Å². The number of carbonyl (C=O) groups is 2. The van der Waals surface area contributed by atoms with E-state index in [1.165, 1.54) is 7.11 Å². The Morgan fingerprint density at radius 2 is 2.04 bits per heavy atom. The number of nitrogens with one attached hydrogen (secondary N) is 1. The molecular formula is C16H13N3O5S. The molecule has 2 heterocycles. The second kappa shape index (κ2) is 7.14. The third-order valence-electron chi connectivity index (χ3n) is 3.33. The summed E-state index contributed by atoms with van der Waals surface area (Å²) in [5, 5.41) is 7.97. The number of anilines is 1. The van der Waals surface area contributed by atoms with Crippen LogP contribution in [0.2, 0.25) is 0 Å². The Kier molecular flexibility index (Phi) is 4.75. The molecule has 0 aliphatic rings. The Morgan fingerprint density at radius 1 is 1.28 bits per heavy atom. The lowest BCUT2D eigenvalue weighted by Gasteiger charge is -2.07. The number of methoxy groups -OCH3 is 1. The highest BCUT2D eigenvalue weighted by molar-refractivity contribution is 7.12. The molecule has 0 aliphatic heterocycles. The van der Waals surface area contributed by atoms with Crippen LogP contribution in [0.1, 0.15) is 9.67 Å². The zero-order chi connectivity index (χ0) is 17.8. The van der Waals surface area contributed by atoms with Crippen LogP contribution in [0.4, 0.5) is 5.69 Å². The molecule has 1 aromatic carbocycles. The topological polar surface area (TPSA) is 103 Å². The molecule has 0 fully saturated rings. The molecule has 0 unspecified atom stereocenters. The molecule has 0 radical (unpaired) electrons. The van der Waals surface area contributed by atoms with Crippen LogP contribution >= 0.6 is 11.3 Å². The lowest BCUT2D eigenvalue weighted by molar-refractivity contribution is -0.116. The Bertz CT molecular complexity index is 958. The van der Waals surface area contributed by atoms with Crippen molar-refractivity contribution in [2.75, 3.05) is 12.4 Å². The maximum Gasteiger partial charge on any atom is 0.442 e. The van der Waals surface area contributed by atoms with Crippen molar-refractivity contribution in [3.8, 4) is 11.4 Å². The van der Waals surface area contributed by atoms with Crippen molar-refractivity contribution in [3.05, 3.63) is 57.2 Å². The number of nitrogens with zero attached hydrogens (tertiary/aromatic N) is 2. The van der Waals surface area contributed by atoms with Gasteiger partial charge in [0.1, 0.15) is 11.4 Å². The molecule has 0 aliphatic carbocycles. The fourth-order valence-corrected chi connectivity index (χ4v) is 2.96. The van der Waals surface area contributed by atoms with Gasteiger partial charge >= 0.3 is 11.7 Å². The number of ether oxygens (including phenoxy) is 1. The molecule has 0 bridgehead atoms. The molecule has 0 saturated heterocycles. The van der Waals surface area contributed by atoms with E-state index < -0.39 is 17.6 Å². The van der Waals surface area contributed by atoms with E-state index in [0.717, 1.165) is 15.9 Å². The van der Waals surface area contributed by atoms with Crippen molar-refractivity contribution in [3.63, 3.8) is 0 Å². The molecule has 0 spiro atoms. The molecule has 2 aromatic heterocycles. The molecule has 1 amide bonds. The van der Waals surface area contributed by atoms with Gasteiger partial charge < -0.3 is 10.1 Å². The second-order valence-electron chi connectivity index (χ2n) is 4.93. The molecule has 3 rings (SSSR count). The van der Waals surface area contributed by atoms with E-state index in [2.05, 4.69) is 19.7 Å². The van der Waals surface area contributed by atoms with E-state index >= 15 is 0 Å². The lowest BCUT2D eigenvalue weighted by atomic mass is 10.2. The number of esters is 1. The maximum atomic E-state index is 12.3. The Hall–Kier alpha value is -3.20. The zero-order valence-electron chi connectivity index (χ0n) is 13.1. The van der Waals surface area contributed by atoms with E-state index in [-0.39, 0.29) is 17.2 Å². The summed E-state index contributed by atoms with van der Waals surface area (Å²) in [6, 6.07) is 10.5. The first kappa shape index (κ1) is 16.7. The molecule has 9 heteroatoms. The van der Waals surface area contributed by atoms with Gasteiger partial charge in [-0.05, 0) is 11.4 Å². The van der Waals surface area contributed by atoms with Gasteiger partial charge in [-0.1, -0.05) is 35.5 Å². The van der Waals surface area contributed by atoms with Gasteiger partial charge in [-0.3, -0.25) is 9.32 Å². The monoisotopic (exact) mass is 359 g/mol. The molecule has 3 aromatic rings. The van der Waals surface area contributed by atoms with Crippen LogP contribution < -0.4 is 11.1 Å². The van der Waals surface area contributed by atoms with Gasteiger partial charge in [-0.25, -0.2) is 14.2 Å². The Labute approximate surface area is 145 Å². The summed E-state index contributed by atoms with van der Waals surface area (Å²) in [6.07, 6.45) is 0. The van der Waals surface area contributed by atoms with Gasteiger partial charge in [0.2, 0.25) is 5.91 Å². The number of carbonyl (C=O) groups excluding carboxylic acids is 2. The molecule has 25 heavy (non-hydrogen) atoms. The molecule has 1 N–H and O–H groups in total. The van der Waals surface area contributed by atoms with Crippen LogP contribution in [-0.4, -0.2) is 28.7 Å². The van der Waals surface area contributed by atoms with Crippen LogP contribution in [0, 0.1) is 0 Å². The van der Waals surface area contributed by atoms with Crippen molar-refractivity contribution < 1.29 is 18.8 Å². The van der Waals surface area contributed by atoms with Crippen molar-refractivity contribution in [1.29, 1.82) is 0 Å². The summed E-state index contributed by atoms with van der Waals surface area (Å²) >= 11 is 1.15. The standard InChI is InChI=1S/C16H13N3O5S/c1-23-15(21)13-11(7-8-25-13)17-12(20)9-19-14(18-24-16(19)22)10-5-3-2-4-6-10/h2-8H,9H2,1H3,(H,17,20). The van der Waals surface area contributed by atoms with E-state index in [1.807, 2.05) is 6.07 Å². The summed E-state index contributed by atoms with van der Waals surface area (Å²) in [4.78, 5) is 36.1. The Balaban J connectivity index is 1.81. The number of hydrogen-bond donors (Lipinski definition) is 1. The van der Waals surface area contributed by atoms with Gasteiger partial charge in [0.05, 0.1) is 12.8 Å². The maximum absolute atomic E-state index is 12.3. The highest BCUT2D eigenvalue weighted by Crippen LogP contribution is 2.23. The summed E-state index contributed by atoms with van der Waals surface area (Å²) in [7, 11) is 1.26. The van der Waals surface area contributed by atoms with E-state index in [9.17, 15) is 14.4 Å². The number of thiophene rings is 1. The average molecular weight is 359 g/mol. The smallest absolute Gasteiger partial charge is 0.442 e. The highest BCUT2D eigenvalue weighted by Gasteiger charge is 2.19. The summed E-state index contributed by atoms with van der Waals surface area (Å²) in [5.41, 5.74) is 0.972. The van der Waals surface area contributed by atoms with Crippen LogP contribution in [-0.2, 0) is 16.1 Å². The minimum Gasteiger partial charge on any atom is -0.465 e. The minimum absolute atomic E-state index is 0.249. The first-order chi connectivity index (χ1) is 12.1. The SMILES string of the molecule is COC(=O)c1sccc1NC(=O)Cn1c(-c2ccccc2)noc1=O. The predicted molar refractivity (Wildman–Crippen MR) is 90.5 cm³/mol. The largest absolute Gasteiger partial charge is 0.465 e.